The maximum absolute atomic E-state index is 11.1. The van der Waals surface area contributed by atoms with Crippen molar-refractivity contribution < 1.29 is 44.2 Å². The SMILES string of the molecule is CNc1cc(COC(C)=O)ccc1O[C@H]1O[C@H](C(=O)O)[C@@H](O)[C@H](O)[C@H]1O. The molecule has 0 aromatic heterocycles. The lowest BCUT2D eigenvalue weighted by atomic mass is 9.99. The number of esters is 1. The summed E-state index contributed by atoms with van der Waals surface area (Å²) in [5.74, 6) is -1.72. The highest BCUT2D eigenvalue weighted by Gasteiger charge is 2.48. The zero-order valence-electron chi connectivity index (χ0n) is 14.2. The highest BCUT2D eigenvalue weighted by atomic mass is 16.7. The Morgan fingerprint density at radius 1 is 1.19 bits per heavy atom. The van der Waals surface area contributed by atoms with Crippen LogP contribution in [0.3, 0.4) is 0 Å². The maximum atomic E-state index is 11.1. The summed E-state index contributed by atoms with van der Waals surface area (Å²) in [7, 11) is 1.61. The first-order chi connectivity index (χ1) is 12.2. The number of carboxylic acids is 1. The number of aliphatic carboxylic acids is 1. The molecule has 1 aromatic carbocycles. The Morgan fingerprint density at radius 2 is 1.88 bits per heavy atom. The van der Waals surface area contributed by atoms with Crippen LogP contribution in [0.25, 0.3) is 0 Å². The monoisotopic (exact) mass is 371 g/mol. The summed E-state index contributed by atoms with van der Waals surface area (Å²) in [5, 5.41) is 41.4. The summed E-state index contributed by atoms with van der Waals surface area (Å²) in [5.41, 5.74) is 1.12. The van der Waals surface area contributed by atoms with E-state index in [1.165, 1.54) is 13.0 Å². The summed E-state index contributed by atoms with van der Waals surface area (Å²) >= 11 is 0. The fourth-order valence-electron chi connectivity index (χ4n) is 2.42. The number of ether oxygens (including phenoxy) is 3. The summed E-state index contributed by atoms with van der Waals surface area (Å²) < 4.78 is 15.5. The molecule has 1 heterocycles. The van der Waals surface area contributed by atoms with Crippen LogP contribution in [0.4, 0.5) is 5.69 Å². The van der Waals surface area contributed by atoms with Gasteiger partial charge in [0.25, 0.3) is 0 Å². The van der Waals surface area contributed by atoms with Crippen LogP contribution >= 0.6 is 0 Å². The molecule has 0 aliphatic carbocycles. The molecule has 0 saturated carbocycles. The minimum absolute atomic E-state index is 0.0544. The van der Waals surface area contributed by atoms with Gasteiger partial charge >= 0.3 is 11.9 Å². The third kappa shape index (κ3) is 4.41. The fourth-order valence-corrected chi connectivity index (χ4v) is 2.42. The molecule has 0 bridgehead atoms. The molecule has 5 N–H and O–H groups in total. The van der Waals surface area contributed by atoms with Crippen LogP contribution in [-0.4, -0.2) is 70.1 Å². The average Bonchev–Trinajstić information content (AvgIpc) is 2.60. The third-order valence-electron chi connectivity index (χ3n) is 3.81. The van der Waals surface area contributed by atoms with Crippen molar-refractivity contribution in [2.24, 2.45) is 0 Å². The molecular weight excluding hydrogens is 350 g/mol. The molecule has 10 heteroatoms. The van der Waals surface area contributed by atoms with Gasteiger partial charge < -0.3 is 40.0 Å². The molecule has 1 aliphatic rings. The molecule has 144 valence electrons. The Labute approximate surface area is 148 Å². The molecular formula is C16H21NO9. The predicted octanol–water partition coefficient (Wildman–Crippen LogP) is -0.938. The van der Waals surface area contributed by atoms with Gasteiger partial charge in [0.1, 0.15) is 30.7 Å². The molecule has 0 radical (unpaired) electrons. The van der Waals surface area contributed by atoms with E-state index in [1.807, 2.05) is 0 Å². The zero-order valence-corrected chi connectivity index (χ0v) is 14.2. The van der Waals surface area contributed by atoms with Crippen LogP contribution in [0.2, 0.25) is 0 Å². The zero-order chi connectivity index (χ0) is 19.4. The summed E-state index contributed by atoms with van der Waals surface area (Å²) in [6, 6.07) is 4.75. The van der Waals surface area contributed by atoms with Gasteiger partial charge in [-0.25, -0.2) is 4.79 Å². The van der Waals surface area contributed by atoms with Crippen LogP contribution in [0, 0.1) is 0 Å². The number of nitrogens with one attached hydrogen (secondary N) is 1. The Morgan fingerprint density at radius 3 is 2.46 bits per heavy atom. The van der Waals surface area contributed by atoms with Crippen molar-refractivity contribution in [2.75, 3.05) is 12.4 Å². The Kier molecular flexibility index (Phi) is 6.37. The summed E-state index contributed by atoms with van der Waals surface area (Å²) in [6.45, 7) is 1.34. The lowest BCUT2D eigenvalue weighted by Gasteiger charge is -2.38. The number of carboxylic acid groups (broad SMARTS) is 1. The molecule has 1 aliphatic heterocycles. The first-order valence-electron chi connectivity index (χ1n) is 7.77. The fraction of sp³-hybridized carbons (Fsp3) is 0.500. The Hall–Kier alpha value is -2.40. The average molecular weight is 371 g/mol. The Bertz CT molecular complexity index is 665. The highest BCUT2D eigenvalue weighted by Crippen LogP contribution is 2.30. The van der Waals surface area contributed by atoms with E-state index in [1.54, 1.807) is 19.2 Å². The quantitative estimate of drug-likeness (QED) is 0.396. The van der Waals surface area contributed by atoms with Gasteiger partial charge in [-0.1, -0.05) is 6.07 Å². The van der Waals surface area contributed by atoms with E-state index >= 15 is 0 Å². The molecule has 1 fully saturated rings. The van der Waals surface area contributed by atoms with E-state index in [4.69, 9.17) is 19.3 Å². The van der Waals surface area contributed by atoms with E-state index in [-0.39, 0.29) is 12.4 Å². The standard InChI is InChI=1S/C16H21NO9/c1-7(18)24-6-8-3-4-10(9(5-8)17-2)25-16-13(21)11(19)12(20)14(26-16)15(22)23/h3-5,11-14,16-17,19-21H,6H2,1-2H3,(H,22,23)/t11-,12-,13+,14-,16-/m0/s1. The number of carbonyl (C=O) groups excluding carboxylic acids is 1. The van der Waals surface area contributed by atoms with Gasteiger partial charge in [0, 0.05) is 14.0 Å². The van der Waals surface area contributed by atoms with Crippen molar-refractivity contribution in [2.45, 2.75) is 44.2 Å². The van der Waals surface area contributed by atoms with Crippen LogP contribution in [0.5, 0.6) is 5.75 Å². The van der Waals surface area contributed by atoms with Crippen molar-refractivity contribution >= 4 is 17.6 Å². The summed E-state index contributed by atoms with van der Waals surface area (Å²) in [4.78, 5) is 22.0. The minimum Gasteiger partial charge on any atom is -0.479 e. The predicted molar refractivity (Wildman–Crippen MR) is 86.4 cm³/mol. The topological polar surface area (TPSA) is 155 Å². The second-order valence-corrected chi connectivity index (χ2v) is 5.71. The molecule has 1 aromatic rings. The highest BCUT2D eigenvalue weighted by molar-refractivity contribution is 5.73. The number of aliphatic hydroxyl groups is 3. The summed E-state index contributed by atoms with van der Waals surface area (Å²) in [6.07, 6.45) is -8.47. The largest absolute Gasteiger partial charge is 0.479 e. The second-order valence-electron chi connectivity index (χ2n) is 5.71. The lowest BCUT2D eigenvalue weighted by molar-refractivity contribution is -0.271. The van der Waals surface area contributed by atoms with Crippen LogP contribution < -0.4 is 10.1 Å². The normalized spacial score (nSPS) is 28.3. The number of carbonyl (C=O) groups is 2. The van der Waals surface area contributed by atoms with Crippen molar-refractivity contribution in [3.8, 4) is 5.75 Å². The minimum atomic E-state index is -1.79. The molecule has 0 amide bonds. The number of anilines is 1. The van der Waals surface area contributed by atoms with Gasteiger partial charge in [-0.3, -0.25) is 4.79 Å². The van der Waals surface area contributed by atoms with E-state index in [0.717, 1.165) is 0 Å². The van der Waals surface area contributed by atoms with E-state index in [9.17, 15) is 24.9 Å². The van der Waals surface area contributed by atoms with Crippen LogP contribution in [0.1, 0.15) is 12.5 Å². The van der Waals surface area contributed by atoms with E-state index < -0.39 is 42.6 Å². The number of aliphatic hydroxyl groups excluding tert-OH is 3. The number of hydrogen-bond acceptors (Lipinski definition) is 9. The number of hydrogen-bond donors (Lipinski definition) is 5. The van der Waals surface area contributed by atoms with E-state index in [0.29, 0.717) is 11.3 Å². The molecule has 10 nitrogen and oxygen atoms in total. The maximum Gasteiger partial charge on any atom is 0.335 e. The van der Waals surface area contributed by atoms with Gasteiger partial charge in [0.05, 0.1) is 5.69 Å². The second kappa shape index (κ2) is 8.32. The van der Waals surface area contributed by atoms with Crippen LogP contribution in [0.15, 0.2) is 18.2 Å². The number of rotatable bonds is 6. The van der Waals surface area contributed by atoms with Gasteiger partial charge in [-0.05, 0) is 17.7 Å². The van der Waals surface area contributed by atoms with Gasteiger partial charge in [0.2, 0.25) is 6.29 Å². The molecule has 2 rings (SSSR count). The van der Waals surface area contributed by atoms with E-state index in [2.05, 4.69) is 5.32 Å². The van der Waals surface area contributed by atoms with Crippen LogP contribution in [-0.2, 0) is 25.7 Å². The van der Waals surface area contributed by atoms with Crippen molar-refractivity contribution in [1.82, 2.24) is 0 Å². The number of benzene rings is 1. The van der Waals surface area contributed by atoms with Crippen molar-refractivity contribution in [1.29, 1.82) is 0 Å². The first kappa shape index (κ1) is 19.9. The molecule has 5 atom stereocenters. The van der Waals surface area contributed by atoms with Gasteiger partial charge in [-0.2, -0.15) is 0 Å². The smallest absolute Gasteiger partial charge is 0.335 e. The Balaban J connectivity index is 2.18. The third-order valence-corrected chi connectivity index (χ3v) is 3.81. The first-order valence-corrected chi connectivity index (χ1v) is 7.77. The molecule has 26 heavy (non-hydrogen) atoms. The lowest BCUT2D eigenvalue weighted by Crippen LogP contribution is -2.61. The van der Waals surface area contributed by atoms with Crippen molar-refractivity contribution in [3.05, 3.63) is 23.8 Å². The molecule has 0 spiro atoms. The molecule has 0 unspecified atom stereocenters. The van der Waals surface area contributed by atoms with Gasteiger partial charge in [0.15, 0.2) is 6.10 Å². The van der Waals surface area contributed by atoms with Crippen molar-refractivity contribution in [3.63, 3.8) is 0 Å². The van der Waals surface area contributed by atoms with Gasteiger partial charge in [-0.15, -0.1) is 0 Å². The molecule has 1 saturated heterocycles.